The van der Waals surface area contributed by atoms with E-state index < -0.39 is 0 Å². The average Bonchev–Trinajstić information content (AvgIpc) is 3.15. The molecule has 3 aliphatic heterocycles. The minimum atomic E-state index is 0.00256. The number of hydrogen-bond acceptors (Lipinski definition) is 4. The van der Waals surface area contributed by atoms with Gasteiger partial charge in [-0.1, -0.05) is 6.92 Å². The zero-order chi connectivity index (χ0) is 17.6. The predicted octanol–water partition coefficient (Wildman–Crippen LogP) is 0.825. The number of nitrogens with zero attached hydrogens (tertiary/aromatic N) is 2. The topological polar surface area (TPSA) is 64.7 Å². The van der Waals surface area contributed by atoms with Gasteiger partial charge in [0.05, 0.1) is 12.6 Å². The summed E-state index contributed by atoms with van der Waals surface area (Å²) >= 11 is 0. The average molecular weight is 351 g/mol. The third-order valence-electron chi connectivity index (χ3n) is 6.04. The lowest BCUT2D eigenvalue weighted by atomic mass is 9.97. The van der Waals surface area contributed by atoms with Crippen molar-refractivity contribution in [2.75, 3.05) is 45.8 Å². The Hall–Kier alpha value is -1.14. The maximum Gasteiger partial charge on any atom is 0.237 e. The highest BCUT2D eigenvalue weighted by molar-refractivity contribution is 5.82. The molecule has 0 radical (unpaired) electrons. The predicted molar refractivity (Wildman–Crippen MR) is 98.2 cm³/mol. The molecule has 142 valence electrons. The van der Waals surface area contributed by atoms with E-state index in [1.54, 1.807) is 0 Å². The molecule has 6 nitrogen and oxygen atoms in total. The second-order valence-electron chi connectivity index (χ2n) is 8.20. The monoisotopic (exact) mass is 350 g/mol. The molecule has 2 unspecified atom stereocenters. The van der Waals surface area contributed by atoms with Crippen LogP contribution in [0, 0.1) is 11.8 Å². The van der Waals surface area contributed by atoms with Crippen molar-refractivity contribution < 1.29 is 9.59 Å². The molecule has 2 atom stereocenters. The minimum absolute atomic E-state index is 0.00256. The molecular formula is C19H34N4O2. The first kappa shape index (κ1) is 18.6. The summed E-state index contributed by atoms with van der Waals surface area (Å²) in [6.45, 7) is 8.27. The quantitative estimate of drug-likeness (QED) is 0.771. The minimum Gasteiger partial charge on any atom is -0.354 e. The number of rotatable bonds is 5. The molecule has 0 saturated carbocycles. The molecule has 6 heteroatoms. The van der Waals surface area contributed by atoms with Crippen molar-refractivity contribution in [2.45, 2.75) is 51.5 Å². The van der Waals surface area contributed by atoms with Crippen molar-refractivity contribution in [3.63, 3.8) is 0 Å². The fourth-order valence-electron chi connectivity index (χ4n) is 4.29. The molecule has 3 rings (SSSR count). The Morgan fingerprint density at radius 1 is 1.08 bits per heavy atom. The molecular weight excluding hydrogens is 316 g/mol. The summed E-state index contributed by atoms with van der Waals surface area (Å²) < 4.78 is 0. The Balaban J connectivity index is 1.38. The molecule has 0 aliphatic carbocycles. The molecule has 0 aromatic heterocycles. The maximum atomic E-state index is 12.5. The van der Waals surface area contributed by atoms with E-state index >= 15 is 0 Å². The molecule has 0 spiro atoms. The Kier molecular flexibility index (Phi) is 6.70. The third-order valence-corrected chi connectivity index (χ3v) is 6.04. The Morgan fingerprint density at radius 2 is 1.88 bits per heavy atom. The molecule has 3 heterocycles. The van der Waals surface area contributed by atoms with Crippen molar-refractivity contribution in [1.82, 2.24) is 20.4 Å². The second kappa shape index (κ2) is 8.99. The van der Waals surface area contributed by atoms with Gasteiger partial charge in [0.25, 0.3) is 0 Å². The molecule has 25 heavy (non-hydrogen) atoms. The van der Waals surface area contributed by atoms with Crippen molar-refractivity contribution in [3.8, 4) is 0 Å². The molecule has 2 amide bonds. The molecule has 2 N–H and O–H groups in total. The van der Waals surface area contributed by atoms with Crippen LogP contribution < -0.4 is 10.6 Å². The Labute approximate surface area is 151 Å². The van der Waals surface area contributed by atoms with Gasteiger partial charge in [0, 0.05) is 26.2 Å². The van der Waals surface area contributed by atoms with Crippen molar-refractivity contribution >= 4 is 11.8 Å². The molecule has 0 aromatic rings. The van der Waals surface area contributed by atoms with Crippen LogP contribution in [0.3, 0.4) is 0 Å². The highest BCUT2D eigenvalue weighted by atomic mass is 16.2. The van der Waals surface area contributed by atoms with E-state index in [0.717, 1.165) is 83.7 Å². The third kappa shape index (κ3) is 5.42. The number of carbonyl (C=O) groups excluding carboxylic acids is 2. The van der Waals surface area contributed by atoms with Crippen molar-refractivity contribution in [3.05, 3.63) is 0 Å². The van der Waals surface area contributed by atoms with Gasteiger partial charge < -0.3 is 15.5 Å². The Bertz CT molecular complexity index is 456. The van der Waals surface area contributed by atoms with Crippen LogP contribution in [0.4, 0.5) is 0 Å². The summed E-state index contributed by atoms with van der Waals surface area (Å²) in [6.07, 6.45) is 6.57. The van der Waals surface area contributed by atoms with Gasteiger partial charge in [-0.2, -0.15) is 0 Å². The number of piperidine rings is 2. The largest absolute Gasteiger partial charge is 0.354 e. The van der Waals surface area contributed by atoms with E-state index in [9.17, 15) is 9.59 Å². The highest BCUT2D eigenvalue weighted by Gasteiger charge is 2.27. The number of likely N-dealkylation sites (tertiary alicyclic amines) is 2. The zero-order valence-electron chi connectivity index (χ0n) is 15.6. The van der Waals surface area contributed by atoms with E-state index in [0.29, 0.717) is 12.5 Å². The fourth-order valence-corrected chi connectivity index (χ4v) is 4.29. The number of hydrogen-bond donors (Lipinski definition) is 2. The van der Waals surface area contributed by atoms with Crippen LogP contribution >= 0.6 is 0 Å². The van der Waals surface area contributed by atoms with Gasteiger partial charge in [-0.3, -0.25) is 14.5 Å². The molecule has 0 aromatic carbocycles. The van der Waals surface area contributed by atoms with E-state index in [4.69, 9.17) is 0 Å². The number of nitrogens with one attached hydrogen (secondary N) is 2. The molecule has 3 saturated heterocycles. The maximum absolute atomic E-state index is 12.5. The summed E-state index contributed by atoms with van der Waals surface area (Å²) in [7, 11) is 0. The van der Waals surface area contributed by atoms with Crippen molar-refractivity contribution in [2.24, 2.45) is 11.8 Å². The van der Waals surface area contributed by atoms with Crippen LogP contribution in [-0.2, 0) is 9.59 Å². The van der Waals surface area contributed by atoms with Crippen LogP contribution in [0.1, 0.15) is 45.4 Å². The summed E-state index contributed by atoms with van der Waals surface area (Å²) in [5.41, 5.74) is 0. The van der Waals surface area contributed by atoms with Crippen LogP contribution in [0.15, 0.2) is 0 Å². The summed E-state index contributed by atoms with van der Waals surface area (Å²) in [4.78, 5) is 29.0. The van der Waals surface area contributed by atoms with Crippen LogP contribution in [-0.4, -0.2) is 73.5 Å². The van der Waals surface area contributed by atoms with Gasteiger partial charge in [0.15, 0.2) is 0 Å². The van der Waals surface area contributed by atoms with Gasteiger partial charge in [-0.05, 0) is 63.5 Å². The lowest BCUT2D eigenvalue weighted by molar-refractivity contribution is -0.134. The normalized spacial score (nSPS) is 28.9. The smallest absolute Gasteiger partial charge is 0.237 e. The SMILES string of the molecule is CC1CCN(C(=O)CN2CCCC(CNC(=O)C3CCCN3)C2)CC1. The highest BCUT2D eigenvalue weighted by Crippen LogP contribution is 2.19. The van der Waals surface area contributed by atoms with Crippen LogP contribution in [0.5, 0.6) is 0 Å². The summed E-state index contributed by atoms with van der Waals surface area (Å²) in [6, 6.07) is 0.00256. The van der Waals surface area contributed by atoms with Crippen LogP contribution in [0.25, 0.3) is 0 Å². The van der Waals surface area contributed by atoms with Gasteiger partial charge in [-0.25, -0.2) is 0 Å². The number of carbonyl (C=O) groups is 2. The van der Waals surface area contributed by atoms with E-state index in [1.165, 1.54) is 0 Å². The molecule has 3 aliphatic rings. The van der Waals surface area contributed by atoms with E-state index in [1.807, 2.05) is 4.90 Å². The second-order valence-corrected chi connectivity index (χ2v) is 8.20. The zero-order valence-corrected chi connectivity index (χ0v) is 15.6. The lowest BCUT2D eigenvalue weighted by Crippen LogP contribution is -2.48. The first-order valence-corrected chi connectivity index (χ1v) is 10.1. The fraction of sp³-hybridized carbons (Fsp3) is 0.895. The first-order valence-electron chi connectivity index (χ1n) is 10.1. The van der Waals surface area contributed by atoms with Gasteiger partial charge in [0.2, 0.25) is 11.8 Å². The van der Waals surface area contributed by atoms with E-state index in [2.05, 4.69) is 22.5 Å². The van der Waals surface area contributed by atoms with Gasteiger partial charge in [-0.15, -0.1) is 0 Å². The van der Waals surface area contributed by atoms with Crippen molar-refractivity contribution in [1.29, 1.82) is 0 Å². The summed E-state index contributed by atoms with van der Waals surface area (Å²) in [5.74, 6) is 1.65. The number of amides is 2. The summed E-state index contributed by atoms with van der Waals surface area (Å²) in [5, 5.41) is 6.36. The van der Waals surface area contributed by atoms with Gasteiger partial charge in [0.1, 0.15) is 0 Å². The first-order chi connectivity index (χ1) is 12.1. The molecule has 0 bridgehead atoms. The lowest BCUT2D eigenvalue weighted by Gasteiger charge is -2.35. The van der Waals surface area contributed by atoms with E-state index in [-0.39, 0.29) is 17.9 Å². The standard InChI is InChI=1S/C19H34N4O2/c1-15-6-10-23(11-7-15)18(24)14-22-9-3-4-16(13-22)12-21-19(25)17-5-2-8-20-17/h15-17,20H,2-14H2,1H3,(H,21,25). The van der Waals surface area contributed by atoms with Gasteiger partial charge >= 0.3 is 0 Å². The molecule has 3 fully saturated rings. The Morgan fingerprint density at radius 3 is 2.60 bits per heavy atom. The van der Waals surface area contributed by atoms with Crippen LogP contribution in [0.2, 0.25) is 0 Å².